The van der Waals surface area contributed by atoms with Gasteiger partial charge in [-0.2, -0.15) is 0 Å². The van der Waals surface area contributed by atoms with Gasteiger partial charge in [0.05, 0.1) is 5.75 Å². The van der Waals surface area contributed by atoms with E-state index in [9.17, 15) is 8.42 Å². The Balaban J connectivity index is 2.00. The van der Waals surface area contributed by atoms with Crippen molar-refractivity contribution in [3.8, 4) is 0 Å². The highest BCUT2D eigenvalue weighted by molar-refractivity contribution is 7.88. The van der Waals surface area contributed by atoms with Crippen molar-refractivity contribution in [3.05, 3.63) is 64.7 Å². The largest absolute Gasteiger partial charge is 0.381 e. The van der Waals surface area contributed by atoms with Gasteiger partial charge in [-0.3, -0.25) is 0 Å². The predicted octanol–water partition coefficient (Wildman–Crippen LogP) is 2.70. The Morgan fingerprint density at radius 3 is 2.05 bits per heavy atom. The first-order valence-electron chi connectivity index (χ1n) is 6.72. The molecule has 0 radical (unpaired) electrons. The van der Waals surface area contributed by atoms with Crippen molar-refractivity contribution in [2.24, 2.45) is 5.14 Å². The summed E-state index contributed by atoms with van der Waals surface area (Å²) in [6.45, 7) is 4.90. The quantitative estimate of drug-likeness (QED) is 0.892. The number of hydrogen-bond acceptors (Lipinski definition) is 3. The van der Waals surface area contributed by atoms with Crippen molar-refractivity contribution >= 4 is 15.7 Å². The highest BCUT2D eigenvalue weighted by Gasteiger charge is 2.04. The van der Waals surface area contributed by atoms with Crippen LogP contribution in [-0.2, 0) is 22.3 Å². The van der Waals surface area contributed by atoms with Crippen molar-refractivity contribution in [2.45, 2.75) is 26.1 Å². The fourth-order valence-electron chi connectivity index (χ4n) is 2.33. The second-order valence-electron chi connectivity index (χ2n) is 5.35. The molecule has 0 aliphatic rings. The van der Waals surface area contributed by atoms with Gasteiger partial charge >= 0.3 is 0 Å². The minimum absolute atomic E-state index is 0.135. The lowest BCUT2D eigenvalue weighted by molar-refractivity contribution is 0.597. The Kier molecular flexibility index (Phi) is 4.65. The van der Waals surface area contributed by atoms with Gasteiger partial charge in [0.25, 0.3) is 0 Å². The number of anilines is 1. The van der Waals surface area contributed by atoms with Crippen LogP contribution in [0.25, 0.3) is 0 Å². The smallest absolute Gasteiger partial charge is 0.213 e. The summed E-state index contributed by atoms with van der Waals surface area (Å²) in [5, 5.41) is 8.35. The molecule has 0 aromatic heterocycles. The molecule has 21 heavy (non-hydrogen) atoms. The summed E-state index contributed by atoms with van der Waals surface area (Å²) in [5.41, 5.74) is 5.36. The Morgan fingerprint density at radius 2 is 1.52 bits per heavy atom. The van der Waals surface area contributed by atoms with E-state index < -0.39 is 10.0 Å². The molecule has 0 spiro atoms. The van der Waals surface area contributed by atoms with Crippen molar-refractivity contribution in [1.29, 1.82) is 0 Å². The molecule has 3 N–H and O–H groups in total. The van der Waals surface area contributed by atoms with Crippen LogP contribution in [-0.4, -0.2) is 8.42 Å². The van der Waals surface area contributed by atoms with Crippen molar-refractivity contribution in [3.63, 3.8) is 0 Å². The second kappa shape index (κ2) is 6.28. The van der Waals surface area contributed by atoms with E-state index in [2.05, 4.69) is 37.4 Å². The van der Waals surface area contributed by atoms with E-state index >= 15 is 0 Å². The van der Waals surface area contributed by atoms with Crippen LogP contribution >= 0.6 is 0 Å². The number of hydrogen-bond donors (Lipinski definition) is 2. The highest BCUT2D eigenvalue weighted by Crippen LogP contribution is 2.14. The molecule has 0 amide bonds. The Hall–Kier alpha value is -1.85. The lowest BCUT2D eigenvalue weighted by Gasteiger charge is -2.09. The van der Waals surface area contributed by atoms with E-state index in [1.54, 1.807) is 12.1 Å². The zero-order valence-corrected chi connectivity index (χ0v) is 13.1. The third-order valence-corrected chi connectivity index (χ3v) is 3.84. The van der Waals surface area contributed by atoms with E-state index in [4.69, 9.17) is 5.14 Å². The molecule has 0 saturated heterocycles. The zero-order chi connectivity index (χ0) is 15.5. The van der Waals surface area contributed by atoms with Crippen LogP contribution < -0.4 is 10.5 Å². The minimum Gasteiger partial charge on any atom is -0.381 e. The summed E-state index contributed by atoms with van der Waals surface area (Å²) in [7, 11) is -3.48. The molecule has 2 rings (SSSR count). The normalized spacial score (nSPS) is 11.4. The number of benzene rings is 2. The minimum atomic E-state index is -3.48. The number of primary sulfonamides is 1. The third kappa shape index (κ3) is 5.21. The van der Waals surface area contributed by atoms with Gasteiger partial charge in [0, 0.05) is 12.2 Å². The number of aryl methyl sites for hydroxylation is 2. The molecule has 0 fully saturated rings. The molecule has 112 valence electrons. The van der Waals surface area contributed by atoms with Crippen molar-refractivity contribution in [2.75, 3.05) is 5.32 Å². The summed E-state index contributed by atoms with van der Waals surface area (Å²) in [6, 6.07) is 13.7. The van der Waals surface area contributed by atoms with E-state index in [0.717, 1.165) is 12.2 Å². The summed E-state index contributed by atoms with van der Waals surface area (Å²) in [6.07, 6.45) is 0. The first-order chi connectivity index (χ1) is 9.82. The molecular formula is C16H20N2O2S. The van der Waals surface area contributed by atoms with Crippen molar-refractivity contribution < 1.29 is 8.42 Å². The fourth-order valence-corrected chi connectivity index (χ4v) is 2.98. The van der Waals surface area contributed by atoms with Crippen LogP contribution in [0.15, 0.2) is 42.5 Å². The molecular weight excluding hydrogens is 284 g/mol. The van der Waals surface area contributed by atoms with Crippen LogP contribution in [0.1, 0.15) is 22.3 Å². The maximum Gasteiger partial charge on any atom is 0.213 e. The second-order valence-corrected chi connectivity index (χ2v) is 6.97. The number of nitrogens with one attached hydrogen (secondary N) is 1. The molecule has 0 atom stereocenters. The fraction of sp³-hybridized carbons (Fsp3) is 0.250. The standard InChI is InChI=1S/C16H20N2O2S/c1-12-7-13(2)9-15(8-12)10-18-16-5-3-14(4-6-16)11-21(17,19)20/h3-9,18H,10-11H2,1-2H3,(H2,17,19,20). The highest BCUT2D eigenvalue weighted by atomic mass is 32.2. The third-order valence-electron chi connectivity index (χ3n) is 3.10. The first-order valence-corrected chi connectivity index (χ1v) is 8.44. The van der Waals surface area contributed by atoms with Gasteiger partial charge in [0.1, 0.15) is 0 Å². The average Bonchev–Trinajstić information content (AvgIpc) is 2.35. The lowest BCUT2D eigenvalue weighted by atomic mass is 10.1. The zero-order valence-electron chi connectivity index (χ0n) is 12.3. The van der Waals surface area contributed by atoms with Crippen LogP contribution in [0.5, 0.6) is 0 Å². The lowest BCUT2D eigenvalue weighted by Crippen LogP contribution is -2.14. The van der Waals surface area contributed by atoms with Gasteiger partial charge in [-0.1, -0.05) is 41.5 Å². The van der Waals surface area contributed by atoms with E-state index in [1.807, 2.05) is 12.1 Å². The molecule has 0 aliphatic heterocycles. The molecule has 0 unspecified atom stereocenters. The van der Waals surface area contributed by atoms with Crippen LogP contribution in [0, 0.1) is 13.8 Å². The molecule has 2 aromatic rings. The maximum absolute atomic E-state index is 11.0. The van der Waals surface area contributed by atoms with Crippen LogP contribution in [0.4, 0.5) is 5.69 Å². The number of sulfonamides is 1. The van der Waals surface area contributed by atoms with Gasteiger partial charge in [0.2, 0.25) is 10.0 Å². The molecule has 0 aliphatic carbocycles. The molecule has 2 aromatic carbocycles. The maximum atomic E-state index is 11.0. The summed E-state index contributed by atoms with van der Waals surface area (Å²) in [5.74, 6) is -0.135. The van der Waals surface area contributed by atoms with Crippen LogP contribution in [0.3, 0.4) is 0 Å². The molecule has 4 nitrogen and oxygen atoms in total. The van der Waals surface area contributed by atoms with E-state index in [0.29, 0.717) is 5.56 Å². The monoisotopic (exact) mass is 304 g/mol. The molecule has 0 heterocycles. The van der Waals surface area contributed by atoms with Gasteiger partial charge in [-0.25, -0.2) is 13.6 Å². The molecule has 0 saturated carbocycles. The van der Waals surface area contributed by atoms with Gasteiger partial charge < -0.3 is 5.32 Å². The molecule has 0 bridgehead atoms. The average molecular weight is 304 g/mol. The van der Waals surface area contributed by atoms with Gasteiger partial charge in [-0.05, 0) is 37.1 Å². The summed E-state index contributed by atoms with van der Waals surface area (Å²) in [4.78, 5) is 0. The van der Waals surface area contributed by atoms with Gasteiger partial charge in [-0.15, -0.1) is 0 Å². The van der Waals surface area contributed by atoms with Crippen molar-refractivity contribution in [1.82, 2.24) is 0 Å². The topological polar surface area (TPSA) is 72.2 Å². The first kappa shape index (κ1) is 15.5. The Bertz CT molecular complexity index is 702. The number of rotatable bonds is 5. The number of nitrogens with two attached hydrogens (primary N) is 1. The van der Waals surface area contributed by atoms with E-state index in [1.165, 1.54) is 16.7 Å². The van der Waals surface area contributed by atoms with E-state index in [-0.39, 0.29) is 5.75 Å². The SMILES string of the molecule is Cc1cc(C)cc(CNc2ccc(CS(N)(=O)=O)cc2)c1. The predicted molar refractivity (Wildman–Crippen MR) is 86.5 cm³/mol. The van der Waals surface area contributed by atoms with Crippen LogP contribution in [0.2, 0.25) is 0 Å². The Labute approximate surface area is 126 Å². The van der Waals surface area contributed by atoms with Gasteiger partial charge in [0.15, 0.2) is 0 Å². The summed E-state index contributed by atoms with van der Waals surface area (Å²) < 4.78 is 22.0. The molecule has 5 heteroatoms. The summed E-state index contributed by atoms with van der Waals surface area (Å²) >= 11 is 0. The Morgan fingerprint density at radius 1 is 0.952 bits per heavy atom.